The molecule has 270 valence electrons. The molecule has 12 heteroatoms. The fourth-order valence-electron chi connectivity index (χ4n) is 8.15. The molecule has 6 rings (SSSR count). The van der Waals surface area contributed by atoms with Gasteiger partial charge in [0.05, 0.1) is 17.8 Å². The van der Waals surface area contributed by atoms with E-state index >= 15 is 0 Å². The summed E-state index contributed by atoms with van der Waals surface area (Å²) in [7, 11) is 0. The van der Waals surface area contributed by atoms with Gasteiger partial charge in [0.1, 0.15) is 29.8 Å². The molecule has 4 N–H and O–H groups in total. The Morgan fingerprint density at radius 1 is 1.00 bits per heavy atom. The summed E-state index contributed by atoms with van der Waals surface area (Å²) < 4.78 is 20.3. The molecule has 3 aromatic rings. The molecule has 6 atom stereocenters. The molecule has 3 aliphatic rings. The van der Waals surface area contributed by atoms with E-state index in [1.54, 1.807) is 29.1 Å². The Hall–Kier alpha value is -3.81. The molecule has 0 unspecified atom stereocenters. The second-order valence-electron chi connectivity index (χ2n) is 13.3. The normalized spacial score (nSPS) is 26.3. The zero-order valence-electron chi connectivity index (χ0n) is 28.9. The number of phenols is 1. The van der Waals surface area contributed by atoms with Crippen molar-refractivity contribution < 1.29 is 39.5 Å². The van der Waals surface area contributed by atoms with Gasteiger partial charge >= 0.3 is 0 Å². The molecule has 1 fully saturated rings. The Bertz CT molecular complexity index is 1610. The number of fused-ring (bicyclic) bond motifs is 2. The van der Waals surface area contributed by atoms with Crippen molar-refractivity contribution in [1.82, 2.24) is 15.0 Å². The highest BCUT2D eigenvalue weighted by Gasteiger charge is 2.63. The number of hydrogen-bond donors (Lipinski definition) is 4. The van der Waals surface area contributed by atoms with Gasteiger partial charge in [0, 0.05) is 44.3 Å². The quantitative estimate of drug-likeness (QED) is 0.0803. The fourth-order valence-corrected chi connectivity index (χ4v) is 8.15. The van der Waals surface area contributed by atoms with Crippen LogP contribution in [-0.4, -0.2) is 73.3 Å². The summed E-state index contributed by atoms with van der Waals surface area (Å²) in [4.78, 5) is 6.04. The van der Waals surface area contributed by atoms with Gasteiger partial charge in [0.2, 0.25) is 12.1 Å². The lowest BCUT2D eigenvalue weighted by Crippen LogP contribution is -2.62. The summed E-state index contributed by atoms with van der Waals surface area (Å²) in [5.74, 6) is -1.99. The number of rotatable bonds is 17. The number of aromatic hydroxyl groups is 1. The SMILES string of the molecule is CCOC(OCC)c1cnnn1[C@H]1CC(=NOCc2ccccc2)C2=C[C@H](CCCCO)[C@@H](CCCCO)[C@@H]3c4cc(O)ccc4O[C@@]1(O)[C@H]23. The molecule has 2 aromatic carbocycles. The zero-order valence-corrected chi connectivity index (χ0v) is 28.9. The summed E-state index contributed by atoms with van der Waals surface area (Å²) >= 11 is 0. The number of phenolic OH excluding ortho intramolecular Hbond substituents is 1. The average molecular weight is 691 g/mol. The highest BCUT2D eigenvalue weighted by Crippen LogP contribution is 2.62. The molecule has 0 amide bonds. The van der Waals surface area contributed by atoms with Crippen molar-refractivity contribution in [2.24, 2.45) is 22.9 Å². The number of aliphatic hydroxyl groups excluding tert-OH is 2. The minimum absolute atomic E-state index is 0.0324. The van der Waals surface area contributed by atoms with Crippen molar-refractivity contribution in [3.05, 3.63) is 83.2 Å². The average Bonchev–Trinajstić information content (AvgIpc) is 3.60. The predicted molar refractivity (Wildman–Crippen MR) is 185 cm³/mol. The van der Waals surface area contributed by atoms with Gasteiger partial charge in [-0.25, -0.2) is 4.68 Å². The van der Waals surface area contributed by atoms with Crippen molar-refractivity contribution in [3.8, 4) is 11.5 Å². The summed E-state index contributed by atoms with van der Waals surface area (Å²) in [6, 6.07) is 14.1. The maximum absolute atomic E-state index is 13.2. The minimum Gasteiger partial charge on any atom is -0.508 e. The van der Waals surface area contributed by atoms with Crippen LogP contribution in [-0.2, 0) is 20.9 Å². The topological polar surface area (TPSA) is 161 Å². The van der Waals surface area contributed by atoms with Gasteiger partial charge in [0.25, 0.3) is 0 Å². The highest BCUT2D eigenvalue weighted by molar-refractivity contribution is 6.02. The van der Waals surface area contributed by atoms with Crippen molar-refractivity contribution in [2.45, 2.75) is 89.4 Å². The van der Waals surface area contributed by atoms with Crippen LogP contribution in [0.5, 0.6) is 11.5 Å². The van der Waals surface area contributed by atoms with E-state index in [9.17, 15) is 20.4 Å². The van der Waals surface area contributed by atoms with Gasteiger partial charge in [-0.1, -0.05) is 59.6 Å². The smallest absolute Gasteiger partial charge is 0.238 e. The Labute approximate surface area is 293 Å². The number of nitrogens with zero attached hydrogens (tertiary/aromatic N) is 4. The van der Waals surface area contributed by atoms with Crippen LogP contribution in [0.4, 0.5) is 0 Å². The molecule has 0 saturated heterocycles. The first-order valence-electron chi connectivity index (χ1n) is 18.0. The summed E-state index contributed by atoms with van der Waals surface area (Å²) in [5.41, 5.74) is 3.85. The minimum atomic E-state index is -1.81. The maximum Gasteiger partial charge on any atom is 0.238 e. The van der Waals surface area contributed by atoms with E-state index in [0.29, 0.717) is 43.2 Å². The van der Waals surface area contributed by atoms with Gasteiger partial charge in [-0.15, -0.1) is 5.10 Å². The Balaban J connectivity index is 1.52. The number of aromatic nitrogens is 3. The molecular formula is C38H50N4O8. The third kappa shape index (κ3) is 7.31. The molecule has 2 heterocycles. The molecule has 1 saturated carbocycles. The van der Waals surface area contributed by atoms with E-state index in [-0.39, 0.29) is 49.7 Å². The molecular weight excluding hydrogens is 640 g/mol. The number of oxime groups is 1. The van der Waals surface area contributed by atoms with Gasteiger partial charge < -0.3 is 39.5 Å². The molecule has 0 radical (unpaired) electrons. The van der Waals surface area contributed by atoms with Crippen molar-refractivity contribution in [1.29, 1.82) is 0 Å². The van der Waals surface area contributed by atoms with E-state index < -0.39 is 24.0 Å². The second kappa shape index (κ2) is 16.5. The molecule has 12 nitrogen and oxygen atoms in total. The lowest BCUT2D eigenvalue weighted by Gasteiger charge is -2.56. The van der Waals surface area contributed by atoms with Crippen molar-refractivity contribution >= 4 is 5.71 Å². The number of ether oxygens (including phenoxy) is 3. The summed E-state index contributed by atoms with van der Waals surface area (Å²) in [6.45, 7) is 5.03. The predicted octanol–water partition coefficient (Wildman–Crippen LogP) is 5.55. The standard InChI is InChI=1S/C38H50N4O8/c1-3-47-37(48-4-2)32-23-39-41-42(32)34-22-31(40-49-24-25-12-6-5-7-13-25)29-20-26(14-8-10-18-43)28(15-9-11-19-44)35-30-21-27(45)16-17-33(30)50-38(34,46)36(29)35/h5-7,12-13,16-17,20-21,23,26,28,34-37,43-46H,3-4,8-11,14-15,18-19,22,24H2,1-2H3/t26-,28+,34-,35+,36+,38+/m0/s1. The van der Waals surface area contributed by atoms with E-state index in [2.05, 4.69) is 16.4 Å². The molecule has 0 spiro atoms. The van der Waals surface area contributed by atoms with Gasteiger partial charge in [-0.05, 0) is 80.7 Å². The van der Waals surface area contributed by atoms with E-state index in [1.165, 1.54) is 0 Å². The van der Waals surface area contributed by atoms with Gasteiger partial charge in [0.15, 0.2) is 0 Å². The molecule has 1 aromatic heterocycles. The number of hydrogen-bond acceptors (Lipinski definition) is 11. The third-order valence-corrected chi connectivity index (χ3v) is 10.3. The first-order valence-corrected chi connectivity index (χ1v) is 18.0. The first-order chi connectivity index (χ1) is 24.4. The van der Waals surface area contributed by atoms with Crippen LogP contribution in [0.3, 0.4) is 0 Å². The van der Waals surface area contributed by atoms with Crippen LogP contribution in [0.2, 0.25) is 0 Å². The Morgan fingerprint density at radius 3 is 2.46 bits per heavy atom. The number of allylic oxidation sites excluding steroid dienone is 1. The lowest BCUT2D eigenvalue weighted by atomic mass is 9.55. The number of benzene rings is 2. The maximum atomic E-state index is 13.2. The molecule has 0 bridgehead atoms. The van der Waals surface area contributed by atoms with Crippen LogP contribution >= 0.6 is 0 Å². The molecule has 50 heavy (non-hydrogen) atoms. The second-order valence-corrected chi connectivity index (χ2v) is 13.3. The van der Waals surface area contributed by atoms with Crippen LogP contribution in [0.15, 0.2) is 71.5 Å². The largest absolute Gasteiger partial charge is 0.508 e. The molecule has 2 aliphatic carbocycles. The van der Waals surface area contributed by atoms with Crippen molar-refractivity contribution in [3.63, 3.8) is 0 Å². The fraction of sp³-hybridized carbons (Fsp3) is 0.553. The van der Waals surface area contributed by atoms with Crippen LogP contribution in [0.25, 0.3) is 0 Å². The molecule has 1 aliphatic heterocycles. The van der Waals surface area contributed by atoms with Crippen LogP contribution in [0.1, 0.15) is 93.9 Å². The van der Waals surface area contributed by atoms with Crippen LogP contribution < -0.4 is 4.74 Å². The van der Waals surface area contributed by atoms with Crippen molar-refractivity contribution in [2.75, 3.05) is 26.4 Å². The zero-order chi connectivity index (χ0) is 35.1. The third-order valence-electron chi connectivity index (χ3n) is 10.3. The summed E-state index contributed by atoms with van der Waals surface area (Å²) in [6.07, 6.45) is 7.83. The Morgan fingerprint density at radius 2 is 1.74 bits per heavy atom. The van der Waals surface area contributed by atoms with E-state index in [4.69, 9.17) is 24.2 Å². The summed E-state index contributed by atoms with van der Waals surface area (Å²) in [5, 5.41) is 56.8. The lowest BCUT2D eigenvalue weighted by molar-refractivity contribution is -0.227. The number of aliphatic hydroxyl groups is 3. The Kier molecular flexibility index (Phi) is 11.9. The highest BCUT2D eigenvalue weighted by atomic mass is 16.7. The monoisotopic (exact) mass is 690 g/mol. The van der Waals surface area contributed by atoms with E-state index in [1.807, 2.05) is 44.2 Å². The van der Waals surface area contributed by atoms with Gasteiger partial charge in [-0.2, -0.15) is 0 Å². The first kappa shape index (κ1) is 36.0. The van der Waals surface area contributed by atoms with Gasteiger partial charge in [-0.3, -0.25) is 0 Å². The number of unbranched alkanes of at least 4 members (excludes halogenated alkanes) is 2. The van der Waals surface area contributed by atoms with E-state index in [0.717, 1.165) is 42.4 Å². The van der Waals surface area contributed by atoms with Crippen LogP contribution in [0, 0.1) is 17.8 Å².